The van der Waals surface area contributed by atoms with Crippen LogP contribution in [0.5, 0.6) is 0 Å². The lowest BCUT2D eigenvalue weighted by atomic mass is 10.1. The molecular weight excluding hydrogens is 290 g/mol. The van der Waals surface area contributed by atoms with Gasteiger partial charge in [-0.1, -0.05) is 12.8 Å². The fourth-order valence-corrected chi connectivity index (χ4v) is 4.12. The Bertz CT molecular complexity index is 696. The molecule has 2 aromatic rings. The van der Waals surface area contributed by atoms with Crippen molar-refractivity contribution in [2.24, 2.45) is 7.05 Å². The summed E-state index contributed by atoms with van der Waals surface area (Å²) in [5.74, 6) is 0.0723. The van der Waals surface area contributed by atoms with Gasteiger partial charge in [-0.05, 0) is 43.7 Å². The molecule has 1 fully saturated rings. The van der Waals surface area contributed by atoms with Gasteiger partial charge in [0.25, 0.3) is 5.91 Å². The van der Waals surface area contributed by atoms with Gasteiger partial charge in [-0.3, -0.25) is 9.48 Å². The van der Waals surface area contributed by atoms with Gasteiger partial charge in [-0.15, -0.1) is 0 Å². The third kappa shape index (κ3) is 2.58. The Morgan fingerprint density at radius 2 is 2.17 bits per heavy atom. The number of amides is 1. The van der Waals surface area contributed by atoms with Crippen LogP contribution in [0.1, 0.15) is 59.4 Å². The Morgan fingerprint density at radius 1 is 1.35 bits per heavy atom. The fourth-order valence-electron chi connectivity index (χ4n) is 4.12. The molecule has 0 aromatic carbocycles. The van der Waals surface area contributed by atoms with E-state index < -0.39 is 0 Å². The minimum Gasteiger partial charge on any atom is -0.472 e. The van der Waals surface area contributed by atoms with Crippen molar-refractivity contribution in [2.75, 3.05) is 0 Å². The van der Waals surface area contributed by atoms with Crippen LogP contribution in [0.2, 0.25) is 0 Å². The molecular formula is C18H23N3O2. The molecule has 0 atom stereocenters. The number of rotatable bonds is 4. The monoisotopic (exact) mass is 313 g/mol. The Kier molecular flexibility index (Phi) is 3.71. The van der Waals surface area contributed by atoms with Crippen molar-refractivity contribution in [3.05, 3.63) is 41.1 Å². The summed E-state index contributed by atoms with van der Waals surface area (Å²) in [6.07, 6.45) is 11.1. The average molecular weight is 313 g/mol. The van der Waals surface area contributed by atoms with Crippen LogP contribution in [-0.2, 0) is 26.4 Å². The molecule has 0 spiro atoms. The molecule has 5 heteroatoms. The largest absolute Gasteiger partial charge is 0.472 e. The highest BCUT2D eigenvalue weighted by atomic mass is 16.3. The summed E-state index contributed by atoms with van der Waals surface area (Å²) in [6.45, 7) is 0.623. The normalized spacial score (nSPS) is 17.6. The van der Waals surface area contributed by atoms with Crippen LogP contribution in [0.3, 0.4) is 0 Å². The van der Waals surface area contributed by atoms with Gasteiger partial charge in [0.05, 0.1) is 24.1 Å². The van der Waals surface area contributed by atoms with Crippen molar-refractivity contribution in [3.63, 3.8) is 0 Å². The summed E-state index contributed by atoms with van der Waals surface area (Å²) in [5.41, 5.74) is 4.45. The van der Waals surface area contributed by atoms with E-state index in [1.165, 1.54) is 30.5 Å². The van der Waals surface area contributed by atoms with Crippen LogP contribution in [0.4, 0.5) is 0 Å². The first kappa shape index (κ1) is 14.5. The number of carbonyl (C=O) groups excluding carboxylic acids is 1. The molecule has 0 radical (unpaired) electrons. The van der Waals surface area contributed by atoms with Crippen LogP contribution < -0.4 is 0 Å². The Labute approximate surface area is 136 Å². The van der Waals surface area contributed by atoms with E-state index in [2.05, 4.69) is 0 Å². The van der Waals surface area contributed by atoms with Crippen LogP contribution >= 0.6 is 0 Å². The maximum absolute atomic E-state index is 12.9. The lowest BCUT2D eigenvalue weighted by molar-refractivity contribution is 0.0660. The molecule has 2 aliphatic carbocycles. The highest BCUT2D eigenvalue weighted by molar-refractivity contribution is 5.94. The van der Waals surface area contributed by atoms with E-state index in [1.54, 1.807) is 18.6 Å². The summed E-state index contributed by atoms with van der Waals surface area (Å²) in [7, 11) is 2.02. The van der Waals surface area contributed by atoms with E-state index in [1.807, 2.05) is 16.6 Å². The fraction of sp³-hybridized carbons (Fsp3) is 0.556. The van der Waals surface area contributed by atoms with E-state index in [0.29, 0.717) is 18.2 Å². The SMILES string of the molecule is Cn1nc(CN(C(=O)c2ccoc2)C2CCCC2)c2c1CCC2. The van der Waals surface area contributed by atoms with Gasteiger partial charge in [0.1, 0.15) is 6.26 Å². The number of hydrogen-bond donors (Lipinski definition) is 0. The Morgan fingerprint density at radius 3 is 2.91 bits per heavy atom. The zero-order valence-electron chi connectivity index (χ0n) is 13.6. The lowest BCUT2D eigenvalue weighted by Crippen LogP contribution is -2.38. The molecule has 5 nitrogen and oxygen atoms in total. The number of furan rings is 1. The van der Waals surface area contributed by atoms with E-state index in [4.69, 9.17) is 9.52 Å². The zero-order chi connectivity index (χ0) is 15.8. The number of aromatic nitrogens is 2. The molecule has 122 valence electrons. The number of hydrogen-bond acceptors (Lipinski definition) is 3. The topological polar surface area (TPSA) is 51.3 Å². The van der Waals surface area contributed by atoms with Gasteiger partial charge in [-0.2, -0.15) is 5.10 Å². The molecule has 0 unspecified atom stereocenters. The lowest BCUT2D eigenvalue weighted by Gasteiger charge is -2.28. The summed E-state index contributed by atoms with van der Waals surface area (Å²) < 4.78 is 7.12. The van der Waals surface area contributed by atoms with E-state index >= 15 is 0 Å². The van der Waals surface area contributed by atoms with Crippen LogP contribution in [0, 0.1) is 0 Å². The number of aryl methyl sites for hydroxylation is 1. The predicted octanol–water partition coefficient (Wildman–Crippen LogP) is 3.09. The van der Waals surface area contributed by atoms with E-state index in [-0.39, 0.29) is 5.91 Å². The minimum atomic E-state index is 0.0723. The highest BCUT2D eigenvalue weighted by Gasteiger charge is 2.30. The Hall–Kier alpha value is -2.04. The average Bonchev–Trinajstić information content (AvgIpc) is 3.32. The summed E-state index contributed by atoms with van der Waals surface area (Å²) >= 11 is 0. The van der Waals surface area contributed by atoms with Gasteiger partial charge in [0.15, 0.2) is 0 Å². The number of fused-ring (bicyclic) bond motifs is 1. The minimum absolute atomic E-state index is 0.0723. The Balaban J connectivity index is 1.63. The molecule has 2 aliphatic rings. The van der Waals surface area contributed by atoms with Crippen molar-refractivity contribution >= 4 is 5.91 Å². The molecule has 4 rings (SSSR count). The highest BCUT2D eigenvalue weighted by Crippen LogP contribution is 2.30. The summed E-state index contributed by atoms with van der Waals surface area (Å²) in [6, 6.07) is 2.09. The van der Waals surface area contributed by atoms with Crippen molar-refractivity contribution in [2.45, 2.75) is 57.5 Å². The third-order valence-corrected chi connectivity index (χ3v) is 5.31. The van der Waals surface area contributed by atoms with Gasteiger partial charge >= 0.3 is 0 Å². The first-order valence-corrected chi connectivity index (χ1v) is 8.61. The van der Waals surface area contributed by atoms with Crippen molar-refractivity contribution in [3.8, 4) is 0 Å². The molecule has 23 heavy (non-hydrogen) atoms. The van der Waals surface area contributed by atoms with Gasteiger partial charge < -0.3 is 9.32 Å². The van der Waals surface area contributed by atoms with Crippen LogP contribution in [0.15, 0.2) is 23.0 Å². The first-order valence-electron chi connectivity index (χ1n) is 8.61. The maximum Gasteiger partial charge on any atom is 0.257 e. The second kappa shape index (κ2) is 5.87. The molecule has 0 bridgehead atoms. The second-order valence-electron chi connectivity index (χ2n) is 6.73. The first-order chi connectivity index (χ1) is 11.2. The van der Waals surface area contributed by atoms with Crippen molar-refractivity contribution < 1.29 is 9.21 Å². The quantitative estimate of drug-likeness (QED) is 0.871. The molecule has 2 aromatic heterocycles. The molecule has 0 saturated heterocycles. The van der Waals surface area contributed by atoms with E-state index in [9.17, 15) is 4.79 Å². The molecule has 1 amide bonds. The summed E-state index contributed by atoms with van der Waals surface area (Å²) in [4.78, 5) is 15.0. The molecule has 0 N–H and O–H groups in total. The zero-order valence-corrected chi connectivity index (χ0v) is 13.6. The van der Waals surface area contributed by atoms with Gasteiger partial charge in [0, 0.05) is 18.8 Å². The van der Waals surface area contributed by atoms with Crippen LogP contribution in [-0.4, -0.2) is 26.6 Å². The second-order valence-corrected chi connectivity index (χ2v) is 6.73. The number of carbonyl (C=O) groups is 1. The maximum atomic E-state index is 12.9. The van der Waals surface area contributed by atoms with Crippen molar-refractivity contribution in [1.29, 1.82) is 0 Å². The summed E-state index contributed by atoms with van der Waals surface area (Å²) in [5, 5.41) is 4.71. The third-order valence-electron chi connectivity index (χ3n) is 5.31. The van der Waals surface area contributed by atoms with E-state index in [0.717, 1.165) is 31.4 Å². The standard InChI is InChI=1S/C18H23N3O2/c1-20-17-8-4-7-15(17)16(19-20)11-21(14-5-2-3-6-14)18(22)13-9-10-23-12-13/h9-10,12,14H,2-8,11H2,1H3. The van der Waals surface area contributed by atoms with Crippen molar-refractivity contribution in [1.82, 2.24) is 14.7 Å². The van der Waals surface area contributed by atoms with Crippen LogP contribution in [0.25, 0.3) is 0 Å². The van der Waals surface area contributed by atoms with Gasteiger partial charge in [0.2, 0.25) is 0 Å². The molecule has 2 heterocycles. The molecule has 0 aliphatic heterocycles. The smallest absolute Gasteiger partial charge is 0.257 e. The predicted molar refractivity (Wildman–Crippen MR) is 86.1 cm³/mol. The molecule has 1 saturated carbocycles. The van der Waals surface area contributed by atoms with Gasteiger partial charge in [-0.25, -0.2) is 0 Å². The number of nitrogens with zero attached hydrogens (tertiary/aromatic N) is 3.